The topological polar surface area (TPSA) is 73.1 Å². The van der Waals surface area contributed by atoms with E-state index in [1.165, 1.54) is 25.4 Å². The zero-order valence-corrected chi connectivity index (χ0v) is 17.9. The number of alkyl halides is 4. The van der Waals surface area contributed by atoms with E-state index >= 15 is 0 Å². The van der Waals surface area contributed by atoms with Gasteiger partial charge >= 0.3 is 6.18 Å². The number of aromatic nitrogens is 2. The van der Waals surface area contributed by atoms with Crippen molar-refractivity contribution in [1.29, 1.82) is 0 Å². The number of rotatable bonds is 4. The monoisotopic (exact) mass is 468 g/mol. The average molecular weight is 469 g/mol. The van der Waals surface area contributed by atoms with Crippen LogP contribution in [-0.2, 0) is 6.54 Å². The Kier molecular flexibility index (Phi) is 6.13. The smallest absolute Gasteiger partial charge is 0.413 e. The van der Waals surface area contributed by atoms with Gasteiger partial charge in [0, 0.05) is 52.8 Å². The molecule has 0 saturated carbocycles. The summed E-state index contributed by atoms with van der Waals surface area (Å²) in [4.78, 5) is 8.36. The van der Waals surface area contributed by atoms with Gasteiger partial charge in [0.15, 0.2) is 17.7 Å². The van der Waals surface area contributed by atoms with Gasteiger partial charge in [-0.15, -0.1) is 0 Å². The molecule has 3 N–H and O–H groups in total. The maximum atomic E-state index is 14.0. The highest BCUT2D eigenvalue weighted by Gasteiger charge is 2.38. The third-order valence-electron chi connectivity index (χ3n) is 5.51. The Labute approximate surface area is 187 Å². The van der Waals surface area contributed by atoms with Crippen LogP contribution in [0.1, 0.15) is 37.2 Å². The van der Waals surface area contributed by atoms with Gasteiger partial charge in [0.1, 0.15) is 6.10 Å². The van der Waals surface area contributed by atoms with E-state index in [-0.39, 0.29) is 36.5 Å². The van der Waals surface area contributed by atoms with Gasteiger partial charge in [0.25, 0.3) is 0 Å². The van der Waals surface area contributed by atoms with Crippen LogP contribution >= 0.6 is 11.6 Å². The molecule has 32 heavy (non-hydrogen) atoms. The van der Waals surface area contributed by atoms with Crippen molar-refractivity contribution >= 4 is 17.4 Å². The fourth-order valence-corrected chi connectivity index (χ4v) is 4.09. The lowest BCUT2D eigenvalue weighted by atomic mass is 9.93. The van der Waals surface area contributed by atoms with Crippen molar-refractivity contribution in [3.8, 4) is 16.9 Å². The lowest BCUT2D eigenvalue weighted by Gasteiger charge is -2.25. The molecule has 4 rings (SSSR count). The first-order valence-corrected chi connectivity index (χ1v) is 10.4. The van der Waals surface area contributed by atoms with Crippen LogP contribution in [0.15, 0.2) is 46.8 Å². The lowest BCUT2D eigenvalue weighted by molar-refractivity contribution is -0.0955. The van der Waals surface area contributed by atoms with Crippen molar-refractivity contribution in [3.05, 3.63) is 58.0 Å². The molecule has 0 spiro atoms. The van der Waals surface area contributed by atoms with E-state index in [2.05, 4.69) is 15.3 Å². The number of pyridine rings is 2. The van der Waals surface area contributed by atoms with E-state index in [9.17, 15) is 17.6 Å². The Morgan fingerprint density at radius 3 is 2.66 bits per heavy atom. The van der Waals surface area contributed by atoms with Gasteiger partial charge in [-0.1, -0.05) is 11.6 Å². The summed E-state index contributed by atoms with van der Waals surface area (Å²) in [6.07, 6.45) is -2.35. The minimum atomic E-state index is -4.48. The number of ether oxygens (including phenoxy) is 1. The van der Waals surface area contributed by atoms with E-state index in [1.54, 1.807) is 12.1 Å². The van der Waals surface area contributed by atoms with Crippen molar-refractivity contribution in [2.45, 2.75) is 44.8 Å². The molecule has 2 unspecified atom stereocenters. The first-order chi connectivity index (χ1) is 15.1. The summed E-state index contributed by atoms with van der Waals surface area (Å²) in [6.45, 7) is 2.21. The number of nitrogen functional groups attached to an aromatic ring is 1. The van der Waals surface area contributed by atoms with Gasteiger partial charge in [0.05, 0.1) is 5.69 Å². The maximum Gasteiger partial charge on any atom is 0.413 e. The molecule has 2 aromatic heterocycles. The summed E-state index contributed by atoms with van der Waals surface area (Å²) in [5.41, 5.74) is 7.63. The molecule has 5 nitrogen and oxygen atoms in total. The SMILES string of the molecule is CC(Oc1cc(-c2cnc3c(c2)CNCC3F)cnc1N)C1=C(C(F)(F)F)CCC(Cl)=C1. The van der Waals surface area contributed by atoms with Crippen LogP contribution in [0.25, 0.3) is 11.1 Å². The number of nitrogens with two attached hydrogens (primary N) is 1. The molecule has 170 valence electrons. The molecule has 1 aliphatic heterocycles. The predicted molar refractivity (Wildman–Crippen MR) is 114 cm³/mol. The van der Waals surface area contributed by atoms with E-state index in [0.717, 1.165) is 5.56 Å². The summed E-state index contributed by atoms with van der Waals surface area (Å²) in [5.74, 6) is 0.176. The van der Waals surface area contributed by atoms with Crippen LogP contribution < -0.4 is 15.8 Å². The second-order valence-electron chi connectivity index (χ2n) is 7.76. The van der Waals surface area contributed by atoms with Crippen molar-refractivity contribution in [1.82, 2.24) is 15.3 Å². The number of nitrogens with zero attached hydrogens (tertiary/aromatic N) is 2. The Morgan fingerprint density at radius 2 is 1.91 bits per heavy atom. The van der Waals surface area contributed by atoms with Gasteiger partial charge in [-0.2, -0.15) is 13.2 Å². The Hall–Kier alpha value is -2.65. The molecule has 0 aromatic carbocycles. The third-order valence-corrected chi connectivity index (χ3v) is 5.81. The molecule has 2 aromatic rings. The summed E-state index contributed by atoms with van der Waals surface area (Å²) >= 11 is 6.01. The standard InChI is InChI=1S/C22H21ClF4N4O/c1-11(16-6-15(23)2-3-17(16)22(25,26)27)32-19-5-13(9-31-21(19)28)12-4-14-7-29-10-18(24)20(14)30-8-12/h4-6,8-9,11,18,29H,2-3,7,10H2,1H3,(H2,28,31). The number of anilines is 1. The van der Waals surface area contributed by atoms with Crippen LogP contribution in [0, 0.1) is 0 Å². The predicted octanol–water partition coefficient (Wildman–Crippen LogP) is 5.38. The summed E-state index contributed by atoms with van der Waals surface area (Å²) < 4.78 is 60.3. The number of nitrogens with one attached hydrogen (secondary N) is 1. The largest absolute Gasteiger partial charge is 0.482 e. The molecule has 0 bridgehead atoms. The van der Waals surface area contributed by atoms with Crippen LogP contribution in [-0.4, -0.2) is 28.8 Å². The van der Waals surface area contributed by atoms with Crippen LogP contribution in [0.3, 0.4) is 0 Å². The summed E-state index contributed by atoms with van der Waals surface area (Å²) in [5, 5.41) is 3.32. The average Bonchev–Trinajstić information content (AvgIpc) is 2.74. The number of hydrogen-bond acceptors (Lipinski definition) is 5. The zero-order chi connectivity index (χ0) is 23.0. The van der Waals surface area contributed by atoms with E-state index in [1.807, 2.05) is 0 Å². The zero-order valence-electron chi connectivity index (χ0n) is 17.1. The molecule has 0 saturated heterocycles. The molecule has 3 heterocycles. The maximum absolute atomic E-state index is 14.0. The molecule has 2 atom stereocenters. The number of halogens is 5. The Balaban J connectivity index is 1.65. The second kappa shape index (κ2) is 8.71. The molecular formula is C22H21ClF4N4O. The highest BCUT2D eigenvalue weighted by atomic mass is 35.5. The van der Waals surface area contributed by atoms with Gasteiger partial charge in [-0.05, 0) is 43.5 Å². The molecule has 0 amide bonds. The summed E-state index contributed by atoms with van der Waals surface area (Å²) in [7, 11) is 0. The van der Waals surface area contributed by atoms with Crippen molar-refractivity contribution in [2.24, 2.45) is 0 Å². The molecule has 2 aliphatic rings. The Bertz CT molecular complexity index is 1100. The van der Waals surface area contributed by atoms with Crippen LogP contribution in [0.2, 0.25) is 0 Å². The van der Waals surface area contributed by atoms with Gasteiger partial charge < -0.3 is 15.8 Å². The van der Waals surface area contributed by atoms with Crippen molar-refractivity contribution in [2.75, 3.05) is 12.3 Å². The normalized spacial score (nSPS) is 19.9. The molecule has 10 heteroatoms. The lowest BCUT2D eigenvalue weighted by Crippen LogP contribution is -2.27. The van der Waals surface area contributed by atoms with E-state index < -0.39 is 24.0 Å². The van der Waals surface area contributed by atoms with E-state index in [4.69, 9.17) is 22.1 Å². The molecule has 0 radical (unpaired) electrons. The number of hydrogen-bond donors (Lipinski definition) is 2. The molecule has 1 aliphatic carbocycles. The van der Waals surface area contributed by atoms with Gasteiger partial charge in [-0.25, -0.2) is 9.37 Å². The minimum absolute atomic E-state index is 0.0333. The molecule has 0 fully saturated rings. The third kappa shape index (κ3) is 4.59. The highest BCUT2D eigenvalue weighted by Crippen LogP contribution is 2.40. The second-order valence-corrected chi connectivity index (χ2v) is 8.24. The van der Waals surface area contributed by atoms with Crippen molar-refractivity contribution in [3.63, 3.8) is 0 Å². The van der Waals surface area contributed by atoms with Crippen LogP contribution in [0.4, 0.5) is 23.4 Å². The first kappa shape index (κ1) is 22.5. The molecular weight excluding hydrogens is 448 g/mol. The van der Waals surface area contributed by atoms with Crippen LogP contribution in [0.5, 0.6) is 5.75 Å². The van der Waals surface area contributed by atoms with Crippen molar-refractivity contribution < 1.29 is 22.3 Å². The van der Waals surface area contributed by atoms with Gasteiger partial charge in [-0.3, -0.25) is 4.98 Å². The first-order valence-electron chi connectivity index (χ1n) is 10.1. The fraction of sp³-hybridized carbons (Fsp3) is 0.364. The minimum Gasteiger partial charge on any atom is -0.482 e. The Morgan fingerprint density at radius 1 is 1.19 bits per heavy atom. The quantitative estimate of drug-likeness (QED) is 0.589. The highest BCUT2D eigenvalue weighted by molar-refractivity contribution is 6.29. The summed E-state index contributed by atoms with van der Waals surface area (Å²) in [6, 6.07) is 3.39. The fourth-order valence-electron chi connectivity index (χ4n) is 3.88. The number of allylic oxidation sites excluding steroid dienone is 2. The van der Waals surface area contributed by atoms with E-state index in [0.29, 0.717) is 28.4 Å². The van der Waals surface area contributed by atoms with Gasteiger partial charge in [0.2, 0.25) is 0 Å². The number of fused-ring (bicyclic) bond motifs is 1.